The molecule has 9 heteroatoms. The summed E-state index contributed by atoms with van der Waals surface area (Å²) in [5, 5.41) is 13.8. The summed E-state index contributed by atoms with van der Waals surface area (Å²) in [4.78, 5) is 22.9. The molecule has 2 aromatic carbocycles. The second-order valence-corrected chi connectivity index (χ2v) is 8.33. The van der Waals surface area contributed by atoms with Gasteiger partial charge in [0.05, 0.1) is 16.4 Å². The molecule has 0 aliphatic carbocycles. The van der Waals surface area contributed by atoms with Gasteiger partial charge in [-0.2, -0.15) is 0 Å². The van der Waals surface area contributed by atoms with E-state index in [0.29, 0.717) is 30.8 Å². The van der Waals surface area contributed by atoms with Crippen LogP contribution in [0.5, 0.6) is 0 Å². The fourth-order valence-electron chi connectivity index (χ4n) is 3.11. The predicted octanol–water partition coefficient (Wildman–Crippen LogP) is 2.95. The number of carbonyl (C=O) groups excluding carboxylic acids is 1. The number of hydrogen-bond acceptors (Lipinski definition) is 5. The first-order valence-corrected chi connectivity index (χ1v) is 10.1. The summed E-state index contributed by atoms with van der Waals surface area (Å²) in [6.07, 6.45) is 1.38. The number of aryl methyl sites for hydroxylation is 1. The van der Waals surface area contributed by atoms with E-state index in [1.807, 2.05) is 0 Å². The molecule has 0 atom stereocenters. The summed E-state index contributed by atoms with van der Waals surface area (Å²) < 4.78 is 25.9. The molecular weight excluding hydrogens is 370 g/mol. The summed E-state index contributed by atoms with van der Waals surface area (Å²) >= 11 is 0. The Morgan fingerprint density at radius 2 is 2.00 bits per heavy atom. The first-order chi connectivity index (χ1) is 12.8. The van der Waals surface area contributed by atoms with Crippen LogP contribution in [0.3, 0.4) is 0 Å². The van der Waals surface area contributed by atoms with Crippen LogP contribution in [0.4, 0.5) is 17.1 Å². The van der Waals surface area contributed by atoms with Crippen molar-refractivity contribution in [1.82, 2.24) is 0 Å². The second-order valence-electron chi connectivity index (χ2n) is 6.15. The Morgan fingerprint density at radius 3 is 2.70 bits per heavy atom. The molecule has 8 nitrogen and oxygen atoms in total. The molecule has 1 heterocycles. The van der Waals surface area contributed by atoms with Crippen LogP contribution in [-0.2, 0) is 16.4 Å². The maximum atomic E-state index is 12.5. The van der Waals surface area contributed by atoms with Crippen LogP contribution in [-0.4, -0.2) is 31.5 Å². The summed E-state index contributed by atoms with van der Waals surface area (Å²) in [6, 6.07) is 10.7. The molecule has 1 aliphatic rings. The van der Waals surface area contributed by atoms with Gasteiger partial charge in [-0.05, 0) is 49.6 Å². The lowest BCUT2D eigenvalue weighted by Gasteiger charge is -2.30. The normalized spacial score (nSPS) is 13.7. The van der Waals surface area contributed by atoms with Crippen LogP contribution in [0.2, 0.25) is 0 Å². The quantitative estimate of drug-likeness (QED) is 0.624. The Kier molecular flexibility index (Phi) is 5.13. The Balaban J connectivity index is 1.88. The number of fused-ring (bicyclic) bond motifs is 1. The highest BCUT2D eigenvalue weighted by Gasteiger charge is 2.26. The van der Waals surface area contributed by atoms with Crippen LogP contribution < -0.4 is 9.62 Å². The van der Waals surface area contributed by atoms with Crippen molar-refractivity contribution in [2.24, 2.45) is 0 Å². The minimum absolute atomic E-state index is 0.0165. The molecular formula is C18H19N3O5S. The van der Waals surface area contributed by atoms with E-state index in [1.165, 1.54) is 22.5 Å². The predicted molar refractivity (Wildman–Crippen MR) is 103 cm³/mol. The molecule has 0 bridgehead atoms. The zero-order valence-electron chi connectivity index (χ0n) is 14.7. The number of hydrogen-bond donors (Lipinski definition) is 1. The zero-order chi connectivity index (χ0) is 19.6. The van der Waals surface area contributed by atoms with Crippen LogP contribution in [0.1, 0.15) is 29.3 Å². The van der Waals surface area contributed by atoms with Gasteiger partial charge in [0.25, 0.3) is 11.6 Å². The van der Waals surface area contributed by atoms with E-state index in [0.717, 1.165) is 5.56 Å². The van der Waals surface area contributed by atoms with Crippen molar-refractivity contribution in [1.29, 1.82) is 0 Å². The third kappa shape index (κ3) is 3.77. The van der Waals surface area contributed by atoms with Gasteiger partial charge in [-0.3, -0.25) is 19.2 Å². The number of rotatable bonds is 5. The van der Waals surface area contributed by atoms with Gasteiger partial charge in [-0.25, -0.2) is 8.42 Å². The van der Waals surface area contributed by atoms with Gasteiger partial charge in [0, 0.05) is 18.3 Å². The Labute approximate surface area is 157 Å². The molecule has 0 saturated carbocycles. The summed E-state index contributed by atoms with van der Waals surface area (Å²) in [6.45, 7) is 2.04. The van der Waals surface area contributed by atoms with Gasteiger partial charge >= 0.3 is 0 Å². The third-order valence-electron chi connectivity index (χ3n) is 4.46. The van der Waals surface area contributed by atoms with Gasteiger partial charge in [-0.15, -0.1) is 0 Å². The van der Waals surface area contributed by atoms with Crippen LogP contribution in [0.25, 0.3) is 0 Å². The molecule has 1 N–H and O–H groups in total. The third-order valence-corrected chi connectivity index (χ3v) is 6.24. The highest BCUT2D eigenvalue weighted by atomic mass is 32.2. The van der Waals surface area contributed by atoms with Crippen molar-refractivity contribution in [2.75, 3.05) is 21.9 Å². The minimum Gasteiger partial charge on any atom is -0.322 e. The number of para-hydroxylation sites is 1. The number of amides is 1. The molecule has 0 aromatic heterocycles. The van der Waals surface area contributed by atoms with E-state index >= 15 is 0 Å². The number of nitrogens with zero attached hydrogens (tertiary/aromatic N) is 2. The van der Waals surface area contributed by atoms with Gasteiger partial charge in [0.15, 0.2) is 0 Å². The topological polar surface area (TPSA) is 110 Å². The first-order valence-electron chi connectivity index (χ1n) is 8.51. The summed E-state index contributed by atoms with van der Waals surface area (Å²) in [5.74, 6) is -0.570. The number of nitro benzene ring substituents is 1. The number of nitro groups is 1. The lowest BCUT2D eigenvalue weighted by atomic mass is 10.0. The molecule has 3 rings (SSSR count). The molecule has 1 aliphatic heterocycles. The van der Waals surface area contributed by atoms with Crippen molar-refractivity contribution in [2.45, 2.75) is 19.8 Å². The number of carbonyl (C=O) groups is 1. The Morgan fingerprint density at radius 1 is 1.26 bits per heavy atom. The molecule has 2 aromatic rings. The van der Waals surface area contributed by atoms with Crippen LogP contribution in [0, 0.1) is 10.1 Å². The van der Waals surface area contributed by atoms with E-state index in [9.17, 15) is 23.3 Å². The average molecular weight is 389 g/mol. The maximum Gasteiger partial charge on any atom is 0.282 e. The van der Waals surface area contributed by atoms with Crippen LogP contribution in [0.15, 0.2) is 42.5 Å². The molecule has 0 fully saturated rings. The van der Waals surface area contributed by atoms with Gasteiger partial charge < -0.3 is 5.32 Å². The van der Waals surface area contributed by atoms with E-state index < -0.39 is 20.9 Å². The van der Waals surface area contributed by atoms with Crippen LogP contribution >= 0.6 is 0 Å². The molecule has 0 radical (unpaired) electrons. The average Bonchev–Trinajstić information content (AvgIpc) is 2.67. The first kappa shape index (κ1) is 18.8. The minimum atomic E-state index is -3.36. The van der Waals surface area contributed by atoms with Crippen molar-refractivity contribution in [3.05, 3.63) is 63.7 Å². The summed E-state index contributed by atoms with van der Waals surface area (Å²) in [7, 11) is -3.36. The Bertz CT molecular complexity index is 1000. The van der Waals surface area contributed by atoms with Crippen molar-refractivity contribution in [3.8, 4) is 0 Å². The largest absolute Gasteiger partial charge is 0.322 e. The lowest BCUT2D eigenvalue weighted by Crippen LogP contribution is -2.36. The van der Waals surface area contributed by atoms with E-state index in [4.69, 9.17) is 0 Å². The van der Waals surface area contributed by atoms with Crippen molar-refractivity contribution >= 4 is 33.0 Å². The highest BCUT2D eigenvalue weighted by molar-refractivity contribution is 7.92. The fourth-order valence-corrected chi connectivity index (χ4v) is 4.31. The molecule has 0 spiro atoms. The molecule has 27 heavy (non-hydrogen) atoms. The van der Waals surface area contributed by atoms with Gasteiger partial charge in [0.2, 0.25) is 10.0 Å². The number of benzene rings is 2. The smallest absolute Gasteiger partial charge is 0.282 e. The Hall–Kier alpha value is -2.94. The van der Waals surface area contributed by atoms with E-state index in [-0.39, 0.29) is 17.0 Å². The number of anilines is 2. The number of sulfonamides is 1. The van der Waals surface area contributed by atoms with Gasteiger partial charge in [-0.1, -0.05) is 12.1 Å². The lowest BCUT2D eigenvalue weighted by molar-refractivity contribution is -0.385. The molecule has 0 saturated heterocycles. The zero-order valence-corrected chi connectivity index (χ0v) is 15.5. The summed E-state index contributed by atoms with van der Waals surface area (Å²) in [5.41, 5.74) is 1.60. The SMILES string of the molecule is CCS(=O)(=O)N1CCCc2cc(NC(=O)c3ccccc3[N+](=O)[O-])ccc21. The number of nitrogens with one attached hydrogen (secondary N) is 1. The van der Waals surface area contributed by atoms with E-state index in [1.54, 1.807) is 31.2 Å². The standard InChI is InChI=1S/C18H19N3O5S/c1-2-27(25,26)20-11-5-6-13-12-14(9-10-16(13)20)19-18(22)15-7-3-4-8-17(15)21(23)24/h3-4,7-10,12H,2,5-6,11H2,1H3,(H,19,22). The van der Waals surface area contributed by atoms with Crippen molar-refractivity contribution < 1.29 is 18.1 Å². The van der Waals surface area contributed by atoms with E-state index in [2.05, 4.69) is 5.32 Å². The molecule has 142 valence electrons. The second kappa shape index (κ2) is 7.36. The maximum absolute atomic E-state index is 12.5. The molecule has 0 unspecified atom stereocenters. The van der Waals surface area contributed by atoms with Crippen molar-refractivity contribution in [3.63, 3.8) is 0 Å². The fraction of sp³-hybridized carbons (Fsp3) is 0.278. The molecule has 1 amide bonds. The van der Waals surface area contributed by atoms with Gasteiger partial charge in [0.1, 0.15) is 5.56 Å². The highest BCUT2D eigenvalue weighted by Crippen LogP contribution is 2.32. The monoisotopic (exact) mass is 389 g/mol.